The van der Waals surface area contributed by atoms with Crippen LogP contribution in [0, 0.1) is 5.41 Å². The van der Waals surface area contributed by atoms with Crippen molar-refractivity contribution < 1.29 is 9.90 Å². The van der Waals surface area contributed by atoms with Gasteiger partial charge in [0.05, 0.1) is 24.0 Å². The molecule has 1 rings (SSSR count). The fourth-order valence-corrected chi connectivity index (χ4v) is 2.46. The van der Waals surface area contributed by atoms with Gasteiger partial charge in [-0.3, -0.25) is 4.79 Å². The zero-order valence-electron chi connectivity index (χ0n) is 15.6. The van der Waals surface area contributed by atoms with E-state index in [0.717, 1.165) is 5.69 Å². The molecule has 132 valence electrons. The molecule has 0 bridgehead atoms. The zero-order valence-corrected chi connectivity index (χ0v) is 15.6. The monoisotopic (exact) mass is 324 g/mol. The molecule has 0 radical (unpaired) electrons. The van der Waals surface area contributed by atoms with Crippen LogP contribution in [0.5, 0.6) is 0 Å². The van der Waals surface area contributed by atoms with Gasteiger partial charge in [0.2, 0.25) is 5.91 Å². The number of nitrogens with one attached hydrogen (secondary N) is 1. The molecule has 0 aliphatic heterocycles. The van der Waals surface area contributed by atoms with Gasteiger partial charge in [-0.15, -0.1) is 5.10 Å². The Labute approximate surface area is 139 Å². The molecule has 1 heterocycles. The van der Waals surface area contributed by atoms with Gasteiger partial charge in [0.15, 0.2) is 0 Å². The minimum Gasteiger partial charge on any atom is -0.387 e. The van der Waals surface area contributed by atoms with Gasteiger partial charge < -0.3 is 10.4 Å². The van der Waals surface area contributed by atoms with Crippen LogP contribution in [0.1, 0.15) is 67.0 Å². The van der Waals surface area contributed by atoms with Crippen LogP contribution in [0.3, 0.4) is 0 Å². The van der Waals surface area contributed by atoms with Gasteiger partial charge in [-0.1, -0.05) is 32.9 Å². The van der Waals surface area contributed by atoms with E-state index in [9.17, 15) is 9.90 Å². The zero-order chi connectivity index (χ0) is 17.9. The largest absolute Gasteiger partial charge is 0.387 e. The lowest BCUT2D eigenvalue weighted by Crippen LogP contribution is -2.46. The molecule has 2 N–H and O–H groups in total. The van der Waals surface area contributed by atoms with E-state index in [1.54, 1.807) is 10.9 Å². The van der Waals surface area contributed by atoms with Gasteiger partial charge in [-0.2, -0.15) is 0 Å². The second-order valence-corrected chi connectivity index (χ2v) is 8.32. The highest BCUT2D eigenvalue weighted by Gasteiger charge is 2.39. The fourth-order valence-electron chi connectivity index (χ4n) is 2.46. The normalized spacial score (nSPS) is 15.3. The molecule has 0 aliphatic carbocycles. The van der Waals surface area contributed by atoms with E-state index in [4.69, 9.17) is 0 Å². The van der Waals surface area contributed by atoms with E-state index in [2.05, 4.69) is 15.6 Å². The van der Waals surface area contributed by atoms with E-state index in [1.165, 1.54) is 0 Å². The lowest BCUT2D eigenvalue weighted by Gasteiger charge is -2.39. The molecule has 6 nitrogen and oxygen atoms in total. The third kappa shape index (κ3) is 5.61. The first kappa shape index (κ1) is 19.6. The van der Waals surface area contributed by atoms with Crippen LogP contribution in [-0.4, -0.2) is 37.1 Å². The molecule has 1 amide bonds. The standard InChI is InChI=1S/C17H32N4O2/c1-8-17(23,15(2,3)4)12-21-13(11-18-20-21)9-10-14(22)19-16(5,6)7/h11,23H,8-10,12H2,1-7H3,(H,19,22). The first-order valence-corrected chi connectivity index (χ1v) is 8.29. The molecule has 23 heavy (non-hydrogen) atoms. The molecule has 6 heteroatoms. The Morgan fingerprint density at radius 3 is 2.35 bits per heavy atom. The van der Waals surface area contributed by atoms with Crippen LogP contribution in [0.2, 0.25) is 0 Å². The SMILES string of the molecule is CCC(O)(Cn1nncc1CCC(=O)NC(C)(C)C)C(C)(C)C. The molecular weight excluding hydrogens is 292 g/mol. The summed E-state index contributed by atoms with van der Waals surface area (Å²) in [6.07, 6.45) is 3.23. The molecule has 1 aromatic heterocycles. The lowest BCUT2D eigenvalue weighted by molar-refractivity contribution is -0.122. The van der Waals surface area contributed by atoms with E-state index in [1.807, 2.05) is 48.5 Å². The minimum atomic E-state index is -0.872. The van der Waals surface area contributed by atoms with Crippen LogP contribution < -0.4 is 5.32 Å². The first-order chi connectivity index (χ1) is 10.4. The van der Waals surface area contributed by atoms with Crippen molar-refractivity contribution in [2.75, 3.05) is 0 Å². The summed E-state index contributed by atoms with van der Waals surface area (Å²) in [5, 5.41) is 21.9. The number of rotatable bonds is 6. The van der Waals surface area contributed by atoms with Crippen LogP contribution in [0.4, 0.5) is 0 Å². The Balaban J connectivity index is 2.76. The highest BCUT2D eigenvalue weighted by molar-refractivity contribution is 5.76. The summed E-state index contributed by atoms with van der Waals surface area (Å²) in [6, 6.07) is 0. The molecule has 0 fully saturated rings. The summed E-state index contributed by atoms with van der Waals surface area (Å²) in [5.41, 5.74) is -0.507. The molecule has 0 saturated heterocycles. The predicted molar refractivity (Wildman–Crippen MR) is 90.9 cm³/mol. The van der Waals surface area contributed by atoms with Crippen LogP contribution >= 0.6 is 0 Å². The van der Waals surface area contributed by atoms with Crippen molar-refractivity contribution >= 4 is 5.91 Å². The Bertz CT molecular complexity index is 525. The van der Waals surface area contributed by atoms with E-state index >= 15 is 0 Å². The number of aryl methyl sites for hydroxylation is 1. The van der Waals surface area contributed by atoms with Gasteiger partial charge in [0.25, 0.3) is 0 Å². The summed E-state index contributed by atoms with van der Waals surface area (Å²) in [4.78, 5) is 12.0. The second-order valence-electron chi connectivity index (χ2n) is 8.32. The predicted octanol–water partition coefficient (Wildman–Crippen LogP) is 2.31. The molecule has 0 spiro atoms. The summed E-state index contributed by atoms with van der Waals surface area (Å²) in [7, 11) is 0. The van der Waals surface area contributed by atoms with Gasteiger partial charge in [-0.05, 0) is 39.0 Å². The molecule has 1 unspecified atom stereocenters. The number of carbonyl (C=O) groups excluding carboxylic acids is 1. The maximum atomic E-state index is 12.0. The Morgan fingerprint density at radius 2 is 1.87 bits per heavy atom. The minimum absolute atomic E-state index is 0.00632. The number of hydrogen-bond acceptors (Lipinski definition) is 4. The highest BCUT2D eigenvalue weighted by Crippen LogP contribution is 2.34. The van der Waals surface area contributed by atoms with Gasteiger partial charge in [-0.25, -0.2) is 4.68 Å². The number of aromatic nitrogens is 3. The van der Waals surface area contributed by atoms with Crippen LogP contribution in [-0.2, 0) is 17.8 Å². The highest BCUT2D eigenvalue weighted by atomic mass is 16.3. The molecule has 1 atom stereocenters. The van der Waals surface area contributed by atoms with Crippen molar-refractivity contribution in [3.05, 3.63) is 11.9 Å². The Kier molecular flexibility index (Phi) is 5.96. The third-order valence-electron chi connectivity index (χ3n) is 4.21. The van der Waals surface area contributed by atoms with Crippen molar-refractivity contribution in [2.45, 2.75) is 85.4 Å². The average molecular weight is 324 g/mol. The molecule has 1 aromatic rings. The molecule has 0 saturated carbocycles. The number of aliphatic hydroxyl groups is 1. The van der Waals surface area contributed by atoms with Gasteiger partial charge >= 0.3 is 0 Å². The molecule has 0 aromatic carbocycles. The van der Waals surface area contributed by atoms with Gasteiger partial charge in [0, 0.05) is 12.0 Å². The lowest BCUT2D eigenvalue weighted by atomic mass is 9.74. The van der Waals surface area contributed by atoms with Crippen molar-refractivity contribution in [1.29, 1.82) is 0 Å². The molecular formula is C17H32N4O2. The maximum Gasteiger partial charge on any atom is 0.220 e. The first-order valence-electron chi connectivity index (χ1n) is 8.29. The van der Waals surface area contributed by atoms with E-state index < -0.39 is 5.60 Å². The fraction of sp³-hybridized carbons (Fsp3) is 0.824. The number of nitrogens with zero attached hydrogens (tertiary/aromatic N) is 3. The topological polar surface area (TPSA) is 80.0 Å². The third-order valence-corrected chi connectivity index (χ3v) is 4.21. The maximum absolute atomic E-state index is 12.0. The van der Waals surface area contributed by atoms with Crippen molar-refractivity contribution in [3.8, 4) is 0 Å². The van der Waals surface area contributed by atoms with Crippen LogP contribution in [0.25, 0.3) is 0 Å². The summed E-state index contributed by atoms with van der Waals surface area (Å²) in [5.74, 6) is 0.00632. The number of amides is 1. The quantitative estimate of drug-likeness (QED) is 0.841. The summed E-state index contributed by atoms with van der Waals surface area (Å²) >= 11 is 0. The second kappa shape index (κ2) is 6.99. The van der Waals surface area contributed by atoms with Crippen molar-refractivity contribution in [3.63, 3.8) is 0 Å². The Morgan fingerprint density at radius 1 is 1.26 bits per heavy atom. The average Bonchev–Trinajstić information content (AvgIpc) is 2.80. The van der Waals surface area contributed by atoms with Crippen molar-refractivity contribution in [2.24, 2.45) is 5.41 Å². The molecule has 0 aliphatic rings. The number of carbonyl (C=O) groups is 1. The van der Waals surface area contributed by atoms with E-state index in [0.29, 0.717) is 25.8 Å². The number of hydrogen-bond donors (Lipinski definition) is 2. The van der Waals surface area contributed by atoms with Crippen molar-refractivity contribution in [1.82, 2.24) is 20.3 Å². The summed E-state index contributed by atoms with van der Waals surface area (Å²) < 4.78 is 1.72. The smallest absolute Gasteiger partial charge is 0.220 e. The van der Waals surface area contributed by atoms with Gasteiger partial charge in [0.1, 0.15) is 0 Å². The summed E-state index contributed by atoms with van der Waals surface area (Å²) in [6.45, 7) is 14.3. The Hall–Kier alpha value is -1.43. The van der Waals surface area contributed by atoms with E-state index in [-0.39, 0.29) is 16.9 Å². The van der Waals surface area contributed by atoms with Crippen LogP contribution in [0.15, 0.2) is 6.20 Å².